The predicted octanol–water partition coefficient (Wildman–Crippen LogP) is 5.96. The Morgan fingerprint density at radius 1 is 0.909 bits per heavy atom. The lowest BCUT2D eigenvalue weighted by Gasteiger charge is -2.07. The van der Waals surface area contributed by atoms with Crippen LogP contribution in [-0.2, 0) is 9.73 Å². The molecular weight excluding hydrogens is 483 g/mol. The first-order chi connectivity index (χ1) is 15.7. The molecule has 33 heavy (non-hydrogen) atoms. The first-order valence-corrected chi connectivity index (χ1v) is 12.1. The molecule has 3 aromatic carbocycles. The van der Waals surface area contributed by atoms with Crippen molar-refractivity contribution in [1.82, 2.24) is 0 Å². The normalized spacial score (nSPS) is 12.8. The van der Waals surface area contributed by atoms with Crippen molar-refractivity contribution in [2.45, 2.75) is 4.90 Å². The van der Waals surface area contributed by atoms with E-state index in [-0.39, 0.29) is 16.9 Å². The van der Waals surface area contributed by atoms with E-state index in [9.17, 15) is 19.1 Å². The zero-order valence-corrected chi connectivity index (χ0v) is 19.5. The number of benzene rings is 3. The second-order valence-electron chi connectivity index (χ2n) is 6.77. The van der Waals surface area contributed by atoms with E-state index in [4.69, 9.17) is 27.9 Å². The van der Waals surface area contributed by atoms with Crippen molar-refractivity contribution in [1.29, 1.82) is 5.26 Å². The Morgan fingerprint density at radius 3 is 1.94 bits per heavy atom. The largest absolute Gasteiger partial charge is 0.423 e. The predicted molar refractivity (Wildman–Crippen MR) is 127 cm³/mol. The van der Waals surface area contributed by atoms with Crippen LogP contribution in [-0.4, -0.2) is 22.2 Å². The summed E-state index contributed by atoms with van der Waals surface area (Å²) in [5, 5.41) is 10.3. The number of halogens is 2. The Hall–Kier alpha value is -3.44. The van der Waals surface area contributed by atoms with Gasteiger partial charge in [-0.2, -0.15) is 5.26 Å². The van der Waals surface area contributed by atoms with Gasteiger partial charge in [0.25, 0.3) is 0 Å². The highest BCUT2D eigenvalue weighted by atomic mass is 35.5. The number of carbonyl (C=O) groups excluding carboxylic acids is 2. The molecule has 0 aromatic heterocycles. The zero-order valence-electron chi connectivity index (χ0n) is 17.2. The minimum Gasteiger partial charge on any atom is -0.423 e. The van der Waals surface area contributed by atoms with Gasteiger partial charge in [-0.25, -0.2) is 13.4 Å². The molecule has 1 unspecified atom stereocenters. The summed E-state index contributed by atoms with van der Waals surface area (Å²) in [6.07, 6.45) is 2.38. The van der Waals surface area contributed by atoms with E-state index in [1.54, 1.807) is 30.3 Å². The highest BCUT2D eigenvalue weighted by Gasteiger charge is 2.14. The fourth-order valence-corrected chi connectivity index (χ4v) is 3.94. The van der Waals surface area contributed by atoms with Crippen LogP contribution in [0.2, 0.25) is 10.0 Å². The molecule has 0 heterocycles. The molecule has 3 rings (SSSR count). The summed E-state index contributed by atoms with van der Waals surface area (Å²) in [5.74, 6) is -0.874. The Morgan fingerprint density at radius 2 is 1.42 bits per heavy atom. The summed E-state index contributed by atoms with van der Waals surface area (Å²) in [7, 11) is -2.97. The molecule has 0 saturated heterocycles. The van der Waals surface area contributed by atoms with Crippen LogP contribution >= 0.6 is 23.2 Å². The van der Waals surface area contributed by atoms with Gasteiger partial charge in [-0.05, 0) is 72.8 Å². The molecule has 9 heteroatoms. The number of hydrogen-bond donors (Lipinski definition) is 0. The zero-order chi connectivity index (χ0) is 24.0. The van der Waals surface area contributed by atoms with Gasteiger partial charge in [-0.15, -0.1) is 0 Å². The minimum atomic E-state index is -2.97. The number of nitrogens with zero attached hydrogens (tertiary/aromatic N) is 2. The summed E-state index contributed by atoms with van der Waals surface area (Å²) in [5.41, 5.74) is 0.328. The molecule has 0 aliphatic carbocycles. The minimum absolute atomic E-state index is 0.250. The smallest absolute Gasteiger partial charge is 0.343 e. The summed E-state index contributed by atoms with van der Waals surface area (Å²) >= 11 is 11.6. The number of esters is 1. The first-order valence-electron chi connectivity index (χ1n) is 9.39. The molecule has 0 aliphatic rings. The van der Waals surface area contributed by atoms with Gasteiger partial charge < -0.3 is 4.74 Å². The van der Waals surface area contributed by atoms with Crippen LogP contribution in [0.5, 0.6) is 5.75 Å². The second-order valence-corrected chi connectivity index (χ2v) is 9.93. The van der Waals surface area contributed by atoms with Gasteiger partial charge in [-0.1, -0.05) is 23.2 Å². The molecule has 0 fully saturated rings. The molecule has 0 saturated carbocycles. The maximum atomic E-state index is 13.0. The van der Waals surface area contributed by atoms with Crippen molar-refractivity contribution in [2.24, 2.45) is 4.36 Å². The Labute approximate surface area is 201 Å². The third kappa shape index (κ3) is 6.30. The van der Waals surface area contributed by atoms with Gasteiger partial charge in [0, 0.05) is 26.8 Å². The Kier molecular flexibility index (Phi) is 7.67. The first kappa shape index (κ1) is 24.2. The number of Topliss-reactive ketones (excluding diaryl/α,β-unsaturated/α-hetero) is 1. The van der Waals surface area contributed by atoms with E-state index in [2.05, 4.69) is 4.36 Å². The number of carbonyl (C=O) groups is 2. The number of ether oxygens (including phenoxy) is 1. The average molecular weight is 499 g/mol. The monoisotopic (exact) mass is 498 g/mol. The summed E-state index contributed by atoms with van der Waals surface area (Å²) < 4.78 is 22.3. The van der Waals surface area contributed by atoms with Crippen LogP contribution in [0.15, 0.2) is 93.8 Å². The van der Waals surface area contributed by atoms with E-state index >= 15 is 0 Å². The van der Waals surface area contributed by atoms with Crippen molar-refractivity contribution in [3.8, 4) is 11.8 Å². The average Bonchev–Trinajstić information content (AvgIpc) is 2.80. The Bertz CT molecular complexity index is 1380. The number of ketones is 1. The summed E-state index contributed by atoms with van der Waals surface area (Å²) in [4.78, 5) is 25.0. The third-order valence-corrected chi connectivity index (χ3v) is 6.56. The maximum Gasteiger partial charge on any atom is 0.343 e. The molecule has 3 aromatic rings. The molecule has 1 atom stereocenters. The van der Waals surface area contributed by atoms with Crippen LogP contribution in [0, 0.1) is 11.3 Å². The van der Waals surface area contributed by atoms with E-state index in [1.807, 2.05) is 0 Å². The quantitative estimate of drug-likeness (QED) is 0.137. The molecule has 0 aliphatic heterocycles. The molecule has 166 valence electrons. The van der Waals surface area contributed by atoms with Crippen molar-refractivity contribution >= 4 is 44.7 Å². The van der Waals surface area contributed by atoms with Crippen LogP contribution < -0.4 is 4.74 Å². The lowest BCUT2D eigenvalue weighted by atomic mass is 10.1. The van der Waals surface area contributed by atoms with Crippen molar-refractivity contribution < 1.29 is 18.5 Å². The van der Waals surface area contributed by atoms with Gasteiger partial charge in [-0.3, -0.25) is 4.79 Å². The van der Waals surface area contributed by atoms with Crippen LogP contribution in [0.3, 0.4) is 0 Å². The topological polar surface area (TPSA) is 96.6 Å². The standard InChI is InChI=1S/C24H16Cl2N2O4S/c1-33(31,28-15-18(14-27)23(29)16-2-6-19(25)7-3-16)22-12-10-21(11-13-22)32-24(30)17-4-8-20(26)9-5-17/h2-13,15H,1H3/b18-15+. The molecule has 0 radical (unpaired) electrons. The summed E-state index contributed by atoms with van der Waals surface area (Å²) in [6, 6.07) is 20.0. The maximum absolute atomic E-state index is 13.0. The van der Waals surface area contributed by atoms with Crippen LogP contribution in [0.4, 0.5) is 0 Å². The third-order valence-electron chi connectivity index (χ3n) is 4.41. The molecule has 6 nitrogen and oxygen atoms in total. The molecule has 0 spiro atoms. The van der Waals surface area contributed by atoms with E-state index in [0.29, 0.717) is 20.5 Å². The molecule has 0 bridgehead atoms. The fourth-order valence-electron chi connectivity index (χ4n) is 2.62. The van der Waals surface area contributed by atoms with E-state index < -0.39 is 21.5 Å². The van der Waals surface area contributed by atoms with Gasteiger partial charge in [0.05, 0.1) is 21.5 Å². The highest BCUT2D eigenvalue weighted by Crippen LogP contribution is 2.20. The van der Waals surface area contributed by atoms with Gasteiger partial charge in [0.15, 0.2) is 0 Å². The van der Waals surface area contributed by atoms with E-state index in [1.165, 1.54) is 54.8 Å². The van der Waals surface area contributed by atoms with Crippen LogP contribution in [0.1, 0.15) is 20.7 Å². The number of allylic oxidation sites excluding steroid dienone is 1. The van der Waals surface area contributed by atoms with Crippen molar-refractivity contribution in [2.75, 3.05) is 6.26 Å². The molecule has 0 amide bonds. The number of nitriles is 1. The van der Waals surface area contributed by atoms with Gasteiger partial charge in [0.1, 0.15) is 17.4 Å². The highest BCUT2D eigenvalue weighted by molar-refractivity contribution is 7.93. The molecule has 0 N–H and O–H groups in total. The SMILES string of the molecule is CS(=O)(=N/C=C(\C#N)C(=O)c1ccc(Cl)cc1)c1ccc(OC(=O)c2ccc(Cl)cc2)cc1. The number of hydrogen-bond acceptors (Lipinski definition) is 6. The Balaban J connectivity index is 1.78. The fraction of sp³-hybridized carbons (Fsp3) is 0.0417. The van der Waals surface area contributed by atoms with Crippen molar-refractivity contribution in [3.63, 3.8) is 0 Å². The molecular formula is C24H16Cl2N2O4S. The lowest BCUT2D eigenvalue weighted by Crippen LogP contribution is -2.08. The van der Waals surface area contributed by atoms with E-state index in [0.717, 1.165) is 6.20 Å². The van der Waals surface area contributed by atoms with Gasteiger partial charge >= 0.3 is 5.97 Å². The second kappa shape index (κ2) is 10.5. The number of rotatable bonds is 6. The van der Waals surface area contributed by atoms with Crippen molar-refractivity contribution in [3.05, 3.63) is 106 Å². The van der Waals surface area contributed by atoms with Crippen LogP contribution in [0.25, 0.3) is 0 Å². The van der Waals surface area contributed by atoms with Gasteiger partial charge in [0.2, 0.25) is 5.78 Å². The summed E-state index contributed by atoms with van der Waals surface area (Å²) in [6.45, 7) is 0. The lowest BCUT2D eigenvalue weighted by molar-refractivity contribution is 0.0734.